The van der Waals surface area contributed by atoms with Crippen LogP contribution in [0.25, 0.3) is 6.08 Å². The first-order valence-corrected chi connectivity index (χ1v) is 3.64. The Morgan fingerprint density at radius 1 is 1.31 bits per heavy atom. The Morgan fingerprint density at radius 2 is 1.92 bits per heavy atom. The topological polar surface area (TPSA) is 26.3 Å². The van der Waals surface area contributed by atoms with Crippen molar-refractivity contribution in [3.63, 3.8) is 0 Å². The van der Waals surface area contributed by atoms with Gasteiger partial charge in [0.15, 0.2) is 0 Å². The number of benzene rings is 1. The average Bonchev–Trinajstić information content (AvgIpc) is 2.16. The molecule has 0 fully saturated rings. The molecule has 0 atom stereocenters. The molecule has 1 rings (SSSR count). The van der Waals surface area contributed by atoms with Crippen LogP contribution < -0.4 is 0 Å². The maximum absolute atomic E-state index is 10.7. The number of carbonyl (C=O) groups excluding carboxylic acids is 1. The zero-order valence-electron chi connectivity index (χ0n) is 7.57. The summed E-state index contributed by atoms with van der Waals surface area (Å²) in [7, 11) is 1.36. The van der Waals surface area contributed by atoms with Crippen LogP contribution in [0.4, 0.5) is 0 Å². The van der Waals surface area contributed by atoms with Crippen molar-refractivity contribution >= 4 is 12.0 Å². The zero-order chi connectivity index (χ0) is 8.81. The van der Waals surface area contributed by atoms with Crippen LogP contribution in [0.5, 0.6) is 0 Å². The summed E-state index contributed by atoms with van der Waals surface area (Å²) in [6.07, 6.45) is 3.11. The Labute approximate surface area is 90.4 Å². The Morgan fingerprint density at radius 3 is 2.46 bits per heavy atom. The van der Waals surface area contributed by atoms with Gasteiger partial charge in [0.1, 0.15) is 0 Å². The van der Waals surface area contributed by atoms with Gasteiger partial charge in [-0.25, -0.2) is 4.79 Å². The summed E-state index contributed by atoms with van der Waals surface area (Å²) < 4.78 is 4.45. The van der Waals surface area contributed by atoms with Crippen molar-refractivity contribution in [3.8, 4) is 0 Å². The van der Waals surface area contributed by atoms with E-state index in [-0.39, 0.29) is 25.4 Å². The molecule has 0 bridgehead atoms. The van der Waals surface area contributed by atoms with Gasteiger partial charge in [0.25, 0.3) is 0 Å². The van der Waals surface area contributed by atoms with Crippen LogP contribution in [0.15, 0.2) is 36.4 Å². The molecule has 2 nitrogen and oxygen atoms in total. The molecular formula is C10H10O2Zn. The van der Waals surface area contributed by atoms with Crippen molar-refractivity contribution < 1.29 is 29.0 Å². The molecule has 0 aliphatic rings. The number of esters is 1. The van der Waals surface area contributed by atoms with Gasteiger partial charge < -0.3 is 4.74 Å². The summed E-state index contributed by atoms with van der Waals surface area (Å²) in [5.74, 6) is -0.334. The summed E-state index contributed by atoms with van der Waals surface area (Å²) in [6.45, 7) is 0. The molecule has 0 radical (unpaired) electrons. The summed E-state index contributed by atoms with van der Waals surface area (Å²) in [4.78, 5) is 10.7. The summed E-state index contributed by atoms with van der Waals surface area (Å²) in [5, 5.41) is 0. The van der Waals surface area contributed by atoms with E-state index in [9.17, 15) is 4.79 Å². The normalized spacial score (nSPS) is 9.31. The third-order valence-corrected chi connectivity index (χ3v) is 1.41. The first-order chi connectivity index (χ1) is 5.83. The molecule has 0 aromatic heterocycles. The first-order valence-electron chi connectivity index (χ1n) is 3.64. The van der Waals surface area contributed by atoms with Gasteiger partial charge in [-0.3, -0.25) is 0 Å². The average molecular weight is 228 g/mol. The van der Waals surface area contributed by atoms with Gasteiger partial charge in [0.05, 0.1) is 7.11 Å². The van der Waals surface area contributed by atoms with Crippen LogP contribution in [-0.4, -0.2) is 13.1 Å². The fourth-order valence-corrected chi connectivity index (χ4v) is 0.796. The monoisotopic (exact) mass is 226 g/mol. The van der Waals surface area contributed by atoms with Gasteiger partial charge in [0, 0.05) is 25.6 Å². The van der Waals surface area contributed by atoms with Gasteiger partial charge in [-0.1, -0.05) is 30.3 Å². The molecule has 3 heteroatoms. The van der Waals surface area contributed by atoms with E-state index in [0.29, 0.717) is 0 Å². The molecule has 0 unspecified atom stereocenters. The van der Waals surface area contributed by atoms with Crippen LogP contribution in [-0.2, 0) is 29.0 Å². The SMILES string of the molecule is COC(=O)/C=C/c1ccccc1.[Zn]. The third-order valence-electron chi connectivity index (χ3n) is 1.41. The molecule has 0 spiro atoms. The maximum Gasteiger partial charge on any atom is 0.330 e. The molecule has 0 N–H and O–H groups in total. The van der Waals surface area contributed by atoms with Crippen molar-refractivity contribution in [1.29, 1.82) is 0 Å². The Bertz CT molecular complexity index is 280. The van der Waals surface area contributed by atoms with Gasteiger partial charge >= 0.3 is 5.97 Å². The van der Waals surface area contributed by atoms with E-state index in [1.165, 1.54) is 13.2 Å². The first kappa shape index (κ1) is 12.1. The molecule has 0 saturated carbocycles. The number of hydrogen-bond donors (Lipinski definition) is 0. The second kappa shape index (κ2) is 6.56. The van der Waals surface area contributed by atoms with E-state index in [0.717, 1.165) is 5.56 Å². The van der Waals surface area contributed by atoms with Crippen molar-refractivity contribution in [2.75, 3.05) is 7.11 Å². The van der Waals surface area contributed by atoms with Gasteiger partial charge in [0.2, 0.25) is 0 Å². The predicted molar refractivity (Wildman–Crippen MR) is 47.5 cm³/mol. The van der Waals surface area contributed by atoms with E-state index in [4.69, 9.17) is 0 Å². The molecule has 13 heavy (non-hydrogen) atoms. The number of hydrogen-bond acceptors (Lipinski definition) is 2. The van der Waals surface area contributed by atoms with Crippen LogP contribution in [0.1, 0.15) is 5.56 Å². The largest absolute Gasteiger partial charge is 0.466 e. The molecule has 0 aliphatic heterocycles. The van der Waals surface area contributed by atoms with E-state index < -0.39 is 0 Å². The van der Waals surface area contributed by atoms with Gasteiger partial charge in [-0.15, -0.1) is 0 Å². The number of carbonyl (C=O) groups is 1. The second-order valence-corrected chi connectivity index (χ2v) is 2.27. The Kier molecular flexibility index (Phi) is 6.08. The smallest absolute Gasteiger partial charge is 0.330 e. The Balaban J connectivity index is 0.00000144. The molecule has 0 amide bonds. The third kappa shape index (κ3) is 4.59. The standard InChI is InChI=1S/C10H10O2.Zn/c1-12-10(11)8-7-9-5-3-2-4-6-9;/h2-8H,1H3;/b8-7+;. The Hall–Kier alpha value is -0.947. The van der Waals surface area contributed by atoms with Crippen LogP contribution in [0, 0.1) is 0 Å². The second-order valence-electron chi connectivity index (χ2n) is 2.27. The molecule has 0 heterocycles. The molecular weight excluding hydrogens is 217 g/mol. The number of rotatable bonds is 2. The number of methoxy groups -OCH3 is 1. The van der Waals surface area contributed by atoms with Gasteiger partial charge in [-0.05, 0) is 11.6 Å². The molecule has 1 aromatic rings. The number of ether oxygens (including phenoxy) is 1. The van der Waals surface area contributed by atoms with Crippen LogP contribution in [0.2, 0.25) is 0 Å². The molecule has 64 valence electrons. The van der Waals surface area contributed by atoms with Crippen molar-refractivity contribution in [2.45, 2.75) is 0 Å². The van der Waals surface area contributed by atoms with E-state index >= 15 is 0 Å². The quantitative estimate of drug-likeness (QED) is 0.438. The zero-order valence-corrected chi connectivity index (χ0v) is 10.5. The van der Waals surface area contributed by atoms with Gasteiger partial charge in [-0.2, -0.15) is 0 Å². The summed E-state index contributed by atoms with van der Waals surface area (Å²) >= 11 is 0. The minimum absolute atomic E-state index is 0. The van der Waals surface area contributed by atoms with Crippen LogP contribution >= 0.6 is 0 Å². The van der Waals surface area contributed by atoms with E-state index in [2.05, 4.69) is 4.74 Å². The molecule has 0 saturated heterocycles. The fourth-order valence-electron chi connectivity index (χ4n) is 0.796. The van der Waals surface area contributed by atoms with Crippen molar-refractivity contribution in [1.82, 2.24) is 0 Å². The summed E-state index contributed by atoms with van der Waals surface area (Å²) in [6, 6.07) is 9.59. The van der Waals surface area contributed by atoms with Crippen LogP contribution in [0.3, 0.4) is 0 Å². The minimum Gasteiger partial charge on any atom is -0.466 e. The molecule has 0 aliphatic carbocycles. The van der Waals surface area contributed by atoms with Crippen molar-refractivity contribution in [2.24, 2.45) is 0 Å². The van der Waals surface area contributed by atoms with E-state index in [1.54, 1.807) is 6.08 Å². The van der Waals surface area contributed by atoms with E-state index in [1.807, 2.05) is 30.3 Å². The minimum atomic E-state index is -0.334. The maximum atomic E-state index is 10.7. The fraction of sp³-hybridized carbons (Fsp3) is 0.100. The molecule has 1 aromatic carbocycles. The van der Waals surface area contributed by atoms with Crippen molar-refractivity contribution in [3.05, 3.63) is 42.0 Å². The summed E-state index contributed by atoms with van der Waals surface area (Å²) in [5.41, 5.74) is 0.989. The predicted octanol–water partition coefficient (Wildman–Crippen LogP) is 1.87.